The molecule has 0 amide bonds. The Bertz CT molecular complexity index is 864. The fourth-order valence-electron chi connectivity index (χ4n) is 2.85. The van der Waals surface area contributed by atoms with Gasteiger partial charge in [0.15, 0.2) is 5.78 Å². The van der Waals surface area contributed by atoms with Crippen molar-refractivity contribution in [3.8, 4) is 0 Å². The van der Waals surface area contributed by atoms with Gasteiger partial charge in [-0.2, -0.15) is 4.31 Å². The van der Waals surface area contributed by atoms with Crippen molar-refractivity contribution >= 4 is 50.3 Å². The Labute approximate surface area is 166 Å². The van der Waals surface area contributed by atoms with Gasteiger partial charge in [-0.25, -0.2) is 8.42 Å². The Morgan fingerprint density at radius 2 is 1.96 bits per heavy atom. The number of halogens is 2. The molecule has 0 unspecified atom stereocenters. The fourth-order valence-corrected chi connectivity index (χ4v) is 6.00. The topological polar surface area (TPSA) is 63.7 Å². The van der Waals surface area contributed by atoms with Crippen LogP contribution < -0.4 is 0 Å². The second-order valence-corrected chi connectivity index (χ2v) is 9.58. The summed E-state index contributed by atoms with van der Waals surface area (Å²) in [7, 11) is -3.71. The number of nitrogens with zero attached hydrogens (tertiary/aromatic N) is 1. The second kappa shape index (κ2) is 8.37. The largest absolute Gasteiger partial charge is 0.378 e. The monoisotopic (exact) mass is 433 g/mol. The number of carbonyl (C=O) groups is 1. The molecule has 1 aromatic carbocycles. The maximum absolute atomic E-state index is 13.0. The molecule has 26 heavy (non-hydrogen) atoms. The quantitative estimate of drug-likeness (QED) is 0.648. The van der Waals surface area contributed by atoms with E-state index in [0.29, 0.717) is 27.1 Å². The lowest BCUT2D eigenvalue weighted by atomic mass is 10.1. The van der Waals surface area contributed by atoms with Gasteiger partial charge in [0.2, 0.25) is 10.0 Å². The van der Waals surface area contributed by atoms with Crippen LogP contribution in [0.5, 0.6) is 0 Å². The number of hydrogen-bond donors (Lipinski definition) is 0. The van der Waals surface area contributed by atoms with Crippen LogP contribution >= 0.6 is 34.5 Å². The van der Waals surface area contributed by atoms with E-state index in [2.05, 4.69) is 0 Å². The van der Waals surface area contributed by atoms with Crippen LogP contribution in [-0.4, -0.2) is 44.3 Å². The number of benzene rings is 1. The summed E-state index contributed by atoms with van der Waals surface area (Å²) in [6.07, 6.45) is 0.0794. The SMILES string of the molecule is O=C(C[C@H]1COCCN1S(=O)(=O)Cc1c(Cl)cccc1Cl)c1cccs1. The predicted octanol–water partition coefficient (Wildman–Crippen LogP) is 3.86. The summed E-state index contributed by atoms with van der Waals surface area (Å²) in [6.45, 7) is 0.679. The highest BCUT2D eigenvalue weighted by Crippen LogP contribution is 2.29. The second-order valence-electron chi connectivity index (χ2n) is 5.90. The van der Waals surface area contributed by atoms with Gasteiger partial charge < -0.3 is 4.74 Å². The van der Waals surface area contributed by atoms with E-state index in [1.807, 2.05) is 5.38 Å². The van der Waals surface area contributed by atoms with E-state index in [0.717, 1.165) is 0 Å². The minimum Gasteiger partial charge on any atom is -0.378 e. The van der Waals surface area contributed by atoms with Gasteiger partial charge in [-0.3, -0.25) is 4.79 Å². The number of sulfonamides is 1. The van der Waals surface area contributed by atoms with Crippen LogP contribution in [0.1, 0.15) is 21.7 Å². The molecule has 1 fully saturated rings. The van der Waals surface area contributed by atoms with Crippen molar-refractivity contribution < 1.29 is 17.9 Å². The number of hydrogen-bond acceptors (Lipinski definition) is 5. The van der Waals surface area contributed by atoms with E-state index < -0.39 is 16.1 Å². The highest BCUT2D eigenvalue weighted by molar-refractivity contribution is 7.88. The van der Waals surface area contributed by atoms with Crippen molar-refractivity contribution in [2.75, 3.05) is 19.8 Å². The summed E-state index contributed by atoms with van der Waals surface area (Å²) in [5, 5.41) is 2.43. The lowest BCUT2D eigenvalue weighted by molar-refractivity contribution is 0.0293. The first kappa shape index (κ1) is 19.8. The van der Waals surface area contributed by atoms with Crippen molar-refractivity contribution in [2.45, 2.75) is 18.2 Å². The van der Waals surface area contributed by atoms with Gasteiger partial charge in [-0.05, 0) is 23.6 Å². The molecule has 3 rings (SSSR count). The predicted molar refractivity (Wildman–Crippen MR) is 104 cm³/mol. The van der Waals surface area contributed by atoms with E-state index in [1.165, 1.54) is 15.6 Å². The number of ether oxygens (including phenoxy) is 1. The Morgan fingerprint density at radius 3 is 2.62 bits per heavy atom. The summed E-state index contributed by atoms with van der Waals surface area (Å²) >= 11 is 13.6. The normalized spacial score (nSPS) is 18.8. The van der Waals surface area contributed by atoms with Gasteiger partial charge >= 0.3 is 0 Å². The molecule has 0 radical (unpaired) electrons. The third-order valence-electron chi connectivity index (χ3n) is 4.14. The molecule has 2 aromatic rings. The molecular weight excluding hydrogens is 417 g/mol. The number of Topliss-reactive ketones (excluding diaryl/α,β-unsaturated/α-hetero) is 1. The van der Waals surface area contributed by atoms with E-state index in [9.17, 15) is 13.2 Å². The Balaban J connectivity index is 1.81. The zero-order chi connectivity index (χ0) is 18.7. The molecular formula is C17H17Cl2NO4S2. The van der Waals surface area contributed by atoms with E-state index in [-0.39, 0.29) is 31.1 Å². The van der Waals surface area contributed by atoms with Crippen molar-refractivity contribution in [1.82, 2.24) is 4.31 Å². The zero-order valence-electron chi connectivity index (χ0n) is 13.7. The number of thiophene rings is 1. The maximum atomic E-state index is 13.0. The molecule has 1 saturated heterocycles. The van der Waals surface area contributed by atoms with E-state index >= 15 is 0 Å². The Hall–Kier alpha value is -0.960. The molecule has 2 heterocycles. The van der Waals surface area contributed by atoms with E-state index in [4.69, 9.17) is 27.9 Å². The molecule has 0 bridgehead atoms. The number of morpholine rings is 1. The first-order valence-electron chi connectivity index (χ1n) is 7.95. The van der Waals surface area contributed by atoms with Crippen LogP contribution in [0, 0.1) is 0 Å². The molecule has 1 aliphatic rings. The van der Waals surface area contributed by atoms with Gasteiger partial charge in [-0.15, -0.1) is 11.3 Å². The molecule has 1 atom stereocenters. The maximum Gasteiger partial charge on any atom is 0.218 e. The molecule has 1 aromatic heterocycles. The van der Waals surface area contributed by atoms with E-state index in [1.54, 1.807) is 30.3 Å². The number of rotatable bonds is 6. The summed E-state index contributed by atoms with van der Waals surface area (Å²) in [4.78, 5) is 13.0. The highest BCUT2D eigenvalue weighted by atomic mass is 35.5. The fraction of sp³-hybridized carbons (Fsp3) is 0.353. The zero-order valence-corrected chi connectivity index (χ0v) is 16.9. The van der Waals surface area contributed by atoms with Crippen molar-refractivity contribution in [3.05, 3.63) is 56.2 Å². The van der Waals surface area contributed by atoms with Crippen LogP contribution in [0.3, 0.4) is 0 Å². The van der Waals surface area contributed by atoms with Gasteiger partial charge in [0.25, 0.3) is 0 Å². The lowest BCUT2D eigenvalue weighted by Crippen LogP contribution is -2.49. The summed E-state index contributed by atoms with van der Waals surface area (Å²) in [5.74, 6) is -0.402. The molecule has 5 nitrogen and oxygen atoms in total. The average Bonchev–Trinajstić information content (AvgIpc) is 3.13. The summed E-state index contributed by atoms with van der Waals surface area (Å²) < 4.78 is 32.7. The van der Waals surface area contributed by atoms with Gasteiger partial charge in [0.05, 0.1) is 29.9 Å². The third-order valence-corrected chi connectivity index (χ3v) is 7.60. The van der Waals surface area contributed by atoms with Crippen LogP contribution in [0.25, 0.3) is 0 Å². The van der Waals surface area contributed by atoms with Crippen molar-refractivity contribution in [3.63, 3.8) is 0 Å². The van der Waals surface area contributed by atoms with Gasteiger partial charge in [0.1, 0.15) is 0 Å². The number of carbonyl (C=O) groups excluding carboxylic acids is 1. The minimum atomic E-state index is -3.71. The minimum absolute atomic E-state index is 0.0794. The van der Waals surface area contributed by atoms with Crippen molar-refractivity contribution in [2.24, 2.45) is 0 Å². The smallest absolute Gasteiger partial charge is 0.218 e. The lowest BCUT2D eigenvalue weighted by Gasteiger charge is -2.34. The highest BCUT2D eigenvalue weighted by Gasteiger charge is 2.35. The van der Waals surface area contributed by atoms with Crippen LogP contribution in [-0.2, 0) is 20.5 Å². The van der Waals surface area contributed by atoms with Crippen LogP contribution in [0.2, 0.25) is 10.0 Å². The first-order valence-corrected chi connectivity index (χ1v) is 11.2. The summed E-state index contributed by atoms with van der Waals surface area (Å²) in [6, 6.07) is 7.87. The third kappa shape index (κ3) is 4.47. The molecule has 1 aliphatic heterocycles. The molecule has 0 spiro atoms. The summed E-state index contributed by atoms with van der Waals surface area (Å²) in [5.41, 5.74) is 0.366. The van der Waals surface area contributed by atoms with Crippen LogP contribution in [0.4, 0.5) is 0 Å². The van der Waals surface area contributed by atoms with Gasteiger partial charge in [-0.1, -0.05) is 35.3 Å². The first-order chi connectivity index (χ1) is 12.4. The molecule has 9 heteroatoms. The average molecular weight is 434 g/mol. The molecule has 140 valence electrons. The standard InChI is InChI=1S/C17H17Cl2NO4S2/c18-14-3-1-4-15(19)13(14)11-26(22,23)20-6-7-24-10-12(20)9-16(21)17-5-2-8-25-17/h1-5,8,12H,6-7,9-11H2/t12-/m0/s1. The van der Waals surface area contributed by atoms with Gasteiger partial charge in [0, 0.05) is 28.6 Å². The molecule has 0 N–H and O–H groups in total. The Morgan fingerprint density at radius 1 is 1.23 bits per heavy atom. The Kier molecular flexibility index (Phi) is 6.37. The molecule has 0 aliphatic carbocycles. The van der Waals surface area contributed by atoms with Crippen LogP contribution in [0.15, 0.2) is 35.7 Å². The number of ketones is 1. The molecule has 0 saturated carbocycles. The van der Waals surface area contributed by atoms with Crippen molar-refractivity contribution in [1.29, 1.82) is 0 Å².